The van der Waals surface area contributed by atoms with Gasteiger partial charge in [0.25, 0.3) is 0 Å². The van der Waals surface area contributed by atoms with Crippen LogP contribution in [-0.4, -0.2) is 28.1 Å². The van der Waals surface area contributed by atoms with Crippen molar-refractivity contribution in [3.05, 3.63) is 107 Å². The van der Waals surface area contributed by atoms with Crippen molar-refractivity contribution in [3.8, 4) is 5.75 Å². The number of halogens is 1. The van der Waals surface area contributed by atoms with Crippen molar-refractivity contribution >= 4 is 27.9 Å². The molecule has 180 valence electrons. The molecule has 0 saturated heterocycles. The van der Waals surface area contributed by atoms with Crippen LogP contribution in [-0.2, 0) is 30.9 Å². The van der Waals surface area contributed by atoms with Crippen LogP contribution in [0.1, 0.15) is 28.1 Å². The number of nitrogens with one attached hydrogen (secondary N) is 1. The van der Waals surface area contributed by atoms with Crippen LogP contribution in [0, 0.1) is 5.82 Å². The Balaban J connectivity index is 1.35. The average Bonchev–Trinajstić information content (AvgIpc) is 3.50. The number of rotatable bonds is 5. The predicted octanol–water partition coefficient (Wildman–Crippen LogP) is 6.11. The third-order valence-electron chi connectivity index (χ3n) is 6.66. The first kappa shape index (κ1) is 22.1. The van der Waals surface area contributed by atoms with Crippen LogP contribution in [0.5, 0.6) is 5.75 Å². The Bertz CT molecular complexity index is 1600. The van der Waals surface area contributed by atoms with Crippen molar-refractivity contribution in [1.29, 1.82) is 0 Å². The van der Waals surface area contributed by atoms with Crippen molar-refractivity contribution in [1.82, 2.24) is 14.9 Å². The number of carbonyl (C=O) groups is 1. The molecule has 1 amide bonds. The number of H-pyrrole nitrogens is 1. The summed E-state index contributed by atoms with van der Waals surface area (Å²) in [6, 6.07) is 22.7. The Labute approximate surface area is 207 Å². The molecule has 3 aromatic carbocycles. The summed E-state index contributed by atoms with van der Waals surface area (Å²) in [5.41, 5.74) is 6.30. The van der Waals surface area contributed by atoms with Gasteiger partial charge in [-0.05, 0) is 29.3 Å². The second-order valence-corrected chi connectivity index (χ2v) is 8.95. The number of para-hydroxylation sites is 1. The fourth-order valence-electron chi connectivity index (χ4n) is 4.91. The maximum atomic E-state index is 14.4. The highest BCUT2D eigenvalue weighted by atomic mass is 19.1. The van der Waals surface area contributed by atoms with Crippen molar-refractivity contribution in [2.24, 2.45) is 0 Å². The van der Waals surface area contributed by atoms with Crippen LogP contribution in [0.2, 0.25) is 0 Å². The van der Waals surface area contributed by atoms with E-state index >= 15 is 0 Å². The van der Waals surface area contributed by atoms with E-state index in [0.29, 0.717) is 19.5 Å². The lowest BCUT2D eigenvalue weighted by molar-refractivity contribution is 0.0953. The lowest BCUT2D eigenvalue weighted by Gasteiger charge is -2.15. The highest BCUT2D eigenvalue weighted by Gasteiger charge is 2.30. The van der Waals surface area contributed by atoms with E-state index in [1.807, 2.05) is 54.6 Å². The zero-order chi connectivity index (χ0) is 24.6. The third-order valence-corrected chi connectivity index (χ3v) is 6.66. The van der Waals surface area contributed by atoms with Gasteiger partial charge >= 0.3 is 6.09 Å². The van der Waals surface area contributed by atoms with Gasteiger partial charge in [-0.15, -0.1) is 0 Å². The molecule has 0 bridgehead atoms. The van der Waals surface area contributed by atoms with E-state index in [1.165, 1.54) is 13.2 Å². The van der Waals surface area contributed by atoms with Gasteiger partial charge in [-0.3, -0.25) is 9.88 Å². The zero-order valence-electron chi connectivity index (χ0n) is 19.8. The smallest absolute Gasteiger partial charge is 0.410 e. The Morgan fingerprint density at radius 2 is 1.83 bits per heavy atom. The fraction of sp³-hybridized carbons (Fsp3) is 0.172. The van der Waals surface area contributed by atoms with E-state index in [1.54, 1.807) is 11.0 Å². The number of hydrogen-bond donors (Lipinski definition) is 1. The van der Waals surface area contributed by atoms with E-state index in [2.05, 4.69) is 11.1 Å². The monoisotopic (exact) mass is 481 g/mol. The molecule has 1 N–H and O–H groups in total. The van der Waals surface area contributed by atoms with Crippen molar-refractivity contribution in [2.75, 3.05) is 7.11 Å². The van der Waals surface area contributed by atoms with Crippen LogP contribution in [0.3, 0.4) is 0 Å². The summed E-state index contributed by atoms with van der Waals surface area (Å²) in [6.07, 6.45) is 0.0688. The van der Waals surface area contributed by atoms with Crippen molar-refractivity contribution in [2.45, 2.75) is 26.1 Å². The number of ether oxygens (including phenoxy) is 2. The largest absolute Gasteiger partial charge is 0.494 e. The Hall–Kier alpha value is -4.39. The van der Waals surface area contributed by atoms with Crippen LogP contribution in [0.25, 0.3) is 21.8 Å². The van der Waals surface area contributed by atoms with Gasteiger partial charge in [0.2, 0.25) is 0 Å². The quantitative estimate of drug-likeness (QED) is 0.329. The van der Waals surface area contributed by atoms with Crippen LogP contribution in [0.4, 0.5) is 9.18 Å². The molecule has 0 unspecified atom stereocenters. The normalized spacial score (nSPS) is 12.8. The van der Waals surface area contributed by atoms with E-state index in [9.17, 15) is 9.18 Å². The summed E-state index contributed by atoms with van der Waals surface area (Å²) in [5.74, 6) is -0.197. The molecule has 0 radical (unpaired) electrons. The minimum atomic E-state index is -0.406. The van der Waals surface area contributed by atoms with Crippen LogP contribution in [0.15, 0.2) is 72.8 Å². The van der Waals surface area contributed by atoms with E-state index < -0.39 is 5.82 Å². The standard InChI is InChI=1S/C29H24FN3O3/c1-35-26-12-11-19(13-22(26)30)14-24-28-27(20-9-5-6-10-23(20)32-28)21-15-33(16-25(21)31-24)29(34)36-17-18-7-3-2-4-8-18/h2-13,32H,14-17H2,1H3. The van der Waals surface area contributed by atoms with Gasteiger partial charge in [0.1, 0.15) is 6.61 Å². The predicted molar refractivity (Wildman–Crippen MR) is 135 cm³/mol. The highest BCUT2D eigenvalue weighted by Crippen LogP contribution is 2.36. The summed E-state index contributed by atoms with van der Waals surface area (Å²) in [7, 11) is 1.45. The molecule has 0 atom stereocenters. The molecule has 6 nitrogen and oxygen atoms in total. The van der Waals surface area contributed by atoms with Crippen molar-refractivity contribution < 1.29 is 18.7 Å². The maximum Gasteiger partial charge on any atom is 0.410 e. The Morgan fingerprint density at radius 1 is 1.03 bits per heavy atom. The number of benzene rings is 3. The van der Waals surface area contributed by atoms with E-state index in [4.69, 9.17) is 14.5 Å². The van der Waals surface area contributed by atoms with Gasteiger partial charge in [0.05, 0.1) is 37.1 Å². The molecule has 1 aliphatic rings. The summed E-state index contributed by atoms with van der Waals surface area (Å²) in [5, 5.41) is 2.13. The summed E-state index contributed by atoms with van der Waals surface area (Å²) < 4.78 is 25.0. The van der Waals surface area contributed by atoms with Gasteiger partial charge in [0, 0.05) is 28.3 Å². The van der Waals surface area contributed by atoms with E-state index in [-0.39, 0.29) is 18.4 Å². The van der Waals surface area contributed by atoms with Gasteiger partial charge < -0.3 is 14.5 Å². The second-order valence-electron chi connectivity index (χ2n) is 8.95. The molecular formula is C29H24FN3O3. The van der Waals surface area contributed by atoms with Gasteiger partial charge in [-0.1, -0.05) is 54.6 Å². The number of amides is 1. The molecule has 7 heteroatoms. The minimum Gasteiger partial charge on any atom is -0.494 e. The van der Waals surface area contributed by atoms with E-state index in [0.717, 1.165) is 49.9 Å². The number of aromatic amines is 1. The SMILES string of the molecule is COc1ccc(Cc2nc3c(c4c2[nH]c2ccccc24)CN(C(=O)OCc2ccccc2)C3)cc1F. The first-order valence-electron chi connectivity index (χ1n) is 11.8. The highest BCUT2D eigenvalue weighted by molar-refractivity contribution is 6.10. The fourth-order valence-corrected chi connectivity index (χ4v) is 4.91. The van der Waals surface area contributed by atoms with Crippen molar-refractivity contribution in [3.63, 3.8) is 0 Å². The molecule has 1 aliphatic heterocycles. The van der Waals surface area contributed by atoms with Crippen LogP contribution >= 0.6 is 0 Å². The number of nitrogens with zero attached hydrogens (tertiary/aromatic N) is 2. The zero-order valence-corrected chi connectivity index (χ0v) is 19.8. The number of fused-ring (bicyclic) bond motifs is 5. The lowest BCUT2D eigenvalue weighted by atomic mass is 10.0. The molecule has 0 aliphatic carbocycles. The molecule has 0 spiro atoms. The summed E-state index contributed by atoms with van der Waals surface area (Å²) in [4.78, 5) is 23.1. The number of pyridine rings is 1. The molecule has 3 heterocycles. The van der Waals surface area contributed by atoms with Gasteiger partial charge in [-0.25, -0.2) is 9.18 Å². The molecule has 0 saturated carbocycles. The number of carbonyl (C=O) groups excluding carboxylic acids is 1. The second kappa shape index (κ2) is 9.00. The molecule has 0 fully saturated rings. The topological polar surface area (TPSA) is 67.5 Å². The third kappa shape index (κ3) is 3.92. The van der Waals surface area contributed by atoms with Gasteiger partial charge in [-0.2, -0.15) is 0 Å². The minimum absolute atomic E-state index is 0.209. The summed E-state index contributed by atoms with van der Waals surface area (Å²) >= 11 is 0. The summed E-state index contributed by atoms with van der Waals surface area (Å²) in [6.45, 7) is 1.00. The molecule has 5 aromatic rings. The number of aromatic nitrogens is 2. The number of methoxy groups -OCH3 is 1. The van der Waals surface area contributed by atoms with Crippen LogP contribution < -0.4 is 4.74 Å². The first-order chi connectivity index (χ1) is 17.6. The lowest BCUT2D eigenvalue weighted by Crippen LogP contribution is -2.26. The average molecular weight is 482 g/mol. The first-order valence-corrected chi connectivity index (χ1v) is 11.8. The Kier molecular flexibility index (Phi) is 5.52. The molecular weight excluding hydrogens is 457 g/mol. The maximum absolute atomic E-state index is 14.4. The molecule has 2 aromatic heterocycles. The number of hydrogen-bond acceptors (Lipinski definition) is 4. The van der Waals surface area contributed by atoms with Gasteiger partial charge in [0.15, 0.2) is 11.6 Å². The molecule has 6 rings (SSSR count). The Morgan fingerprint density at radius 3 is 2.64 bits per heavy atom. The molecule has 36 heavy (non-hydrogen) atoms.